The van der Waals surface area contributed by atoms with Crippen LogP contribution in [0.4, 0.5) is 58.8 Å². The first kappa shape index (κ1) is 37.3. The van der Waals surface area contributed by atoms with Gasteiger partial charge >= 0.3 is 36.1 Å². The van der Waals surface area contributed by atoms with Gasteiger partial charge in [0, 0.05) is 25.6 Å². The Bertz CT molecular complexity index is 1290. The van der Waals surface area contributed by atoms with Crippen LogP contribution in [0.2, 0.25) is 0 Å². The fourth-order valence-electron chi connectivity index (χ4n) is 3.46. The van der Waals surface area contributed by atoms with Crippen molar-refractivity contribution in [3.8, 4) is 5.75 Å². The molecule has 2 N–H and O–H groups in total. The number of carbonyl (C=O) groups is 2. The summed E-state index contributed by atoms with van der Waals surface area (Å²) in [6.07, 6.45) is -14.6. The number of anilines is 1. The molecule has 0 bridgehead atoms. The summed E-state index contributed by atoms with van der Waals surface area (Å²) in [6, 6.07) is 6.23. The molecule has 0 heterocycles. The van der Waals surface area contributed by atoms with Crippen LogP contribution in [0, 0.1) is 11.6 Å². The summed E-state index contributed by atoms with van der Waals surface area (Å²) in [4.78, 5) is 24.4. The second kappa shape index (κ2) is 14.9. The summed E-state index contributed by atoms with van der Waals surface area (Å²) in [7, 11) is 0. The molecule has 1 atom stereocenters. The van der Waals surface area contributed by atoms with Gasteiger partial charge in [-0.1, -0.05) is 12.1 Å². The quantitative estimate of drug-likeness (QED) is 0.202. The average molecular weight is 670 g/mol. The van der Waals surface area contributed by atoms with Crippen LogP contribution in [0.25, 0.3) is 0 Å². The van der Waals surface area contributed by atoms with E-state index >= 15 is 0 Å². The van der Waals surface area contributed by atoms with E-state index in [0.717, 1.165) is 12.1 Å². The lowest BCUT2D eigenvalue weighted by atomic mass is 10.1. The first-order chi connectivity index (χ1) is 20.7. The maximum Gasteiger partial charge on any atom is 0.460 e. The molecule has 252 valence electrons. The monoisotopic (exact) mass is 670 g/mol. The van der Waals surface area contributed by atoms with Gasteiger partial charge in [0.25, 0.3) is 0 Å². The Hall–Kier alpha value is -3.87. The Kier molecular flexibility index (Phi) is 12.4. The van der Waals surface area contributed by atoms with Gasteiger partial charge in [-0.3, -0.25) is 0 Å². The minimum Gasteiger partial charge on any atom is -0.492 e. The lowest BCUT2D eigenvalue weighted by Crippen LogP contribution is -2.62. The molecular weight excluding hydrogens is 645 g/mol. The standard InChI is InChI=1S/C26H25F11N2O6/c1-2-43-20(21(40)41)13-15-3-6-17(7-4-15)44-11-9-39(22(42)38-19-8-5-16(27)14-18(19)28)10-12-45-26(36,37)24(31,32)23(29,30)25(33,34)35/h3-8,14,20H,2,9-13H2,1H3,(H,38,42)(H,40,41). The average Bonchev–Trinajstić information content (AvgIpc) is 2.93. The summed E-state index contributed by atoms with van der Waals surface area (Å²) >= 11 is 0. The summed E-state index contributed by atoms with van der Waals surface area (Å²) in [5, 5.41) is 11.1. The van der Waals surface area contributed by atoms with Crippen molar-refractivity contribution in [1.82, 2.24) is 4.90 Å². The maximum atomic E-state index is 14.0. The highest BCUT2D eigenvalue weighted by molar-refractivity contribution is 5.89. The minimum atomic E-state index is -7.19. The largest absolute Gasteiger partial charge is 0.492 e. The number of nitrogens with zero attached hydrogens (tertiary/aromatic N) is 1. The van der Waals surface area contributed by atoms with E-state index < -0.39 is 85.9 Å². The van der Waals surface area contributed by atoms with Crippen LogP contribution in [0.15, 0.2) is 42.5 Å². The van der Waals surface area contributed by atoms with Gasteiger partial charge in [-0.05, 0) is 36.8 Å². The number of carbonyl (C=O) groups excluding carboxylic acids is 1. The summed E-state index contributed by atoms with van der Waals surface area (Å²) < 4.78 is 159. The number of alkyl halides is 9. The molecule has 2 amide bonds. The van der Waals surface area contributed by atoms with E-state index in [2.05, 4.69) is 4.74 Å². The number of ether oxygens (including phenoxy) is 3. The smallest absolute Gasteiger partial charge is 0.460 e. The third-order valence-corrected chi connectivity index (χ3v) is 5.84. The molecule has 19 heteroatoms. The first-order valence-electron chi connectivity index (χ1n) is 12.6. The van der Waals surface area contributed by atoms with Gasteiger partial charge in [0.2, 0.25) is 0 Å². The summed E-state index contributed by atoms with van der Waals surface area (Å²) in [6.45, 7) is -2.20. The van der Waals surface area contributed by atoms with Crippen LogP contribution in [-0.2, 0) is 20.7 Å². The van der Waals surface area contributed by atoms with E-state index in [0.29, 0.717) is 16.5 Å². The molecule has 8 nitrogen and oxygen atoms in total. The van der Waals surface area contributed by atoms with Crippen molar-refractivity contribution in [3.05, 3.63) is 59.7 Å². The highest BCUT2D eigenvalue weighted by atomic mass is 19.4. The molecule has 0 fully saturated rings. The number of aliphatic carboxylic acids is 1. The number of urea groups is 1. The van der Waals surface area contributed by atoms with Gasteiger partial charge in [-0.15, -0.1) is 0 Å². The van der Waals surface area contributed by atoms with E-state index in [-0.39, 0.29) is 18.8 Å². The molecule has 45 heavy (non-hydrogen) atoms. The Morgan fingerprint density at radius 1 is 0.889 bits per heavy atom. The Morgan fingerprint density at radius 3 is 2.02 bits per heavy atom. The lowest BCUT2D eigenvalue weighted by molar-refractivity contribution is -0.443. The van der Waals surface area contributed by atoms with E-state index in [1.54, 1.807) is 6.92 Å². The Morgan fingerprint density at radius 2 is 1.49 bits per heavy atom. The third kappa shape index (κ3) is 9.56. The topological polar surface area (TPSA) is 97.3 Å². The van der Waals surface area contributed by atoms with Gasteiger partial charge < -0.3 is 29.5 Å². The van der Waals surface area contributed by atoms with Crippen LogP contribution in [0.3, 0.4) is 0 Å². The SMILES string of the molecule is CCOC(Cc1ccc(OCCN(CCOC(F)(F)C(F)(F)C(F)(F)C(F)(F)F)C(=O)Nc2ccc(F)cc2F)cc1)C(=O)O. The number of hydrogen-bond donors (Lipinski definition) is 2. The number of carboxylic acid groups (broad SMARTS) is 1. The highest BCUT2D eigenvalue weighted by Gasteiger charge is 2.82. The predicted molar refractivity (Wildman–Crippen MR) is 132 cm³/mol. The molecule has 0 aliphatic rings. The first-order valence-corrected chi connectivity index (χ1v) is 12.6. The molecule has 0 saturated heterocycles. The zero-order chi connectivity index (χ0) is 34.2. The normalized spacial score (nSPS) is 13.3. The van der Waals surface area contributed by atoms with Gasteiger partial charge in [0.15, 0.2) is 6.10 Å². The predicted octanol–water partition coefficient (Wildman–Crippen LogP) is 6.35. The third-order valence-electron chi connectivity index (χ3n) is 5.84. The number of hydrogen-bond acceptors (Lipinski definition) is 5. The number of benzene rings is 2. The number of carboxylic acids is 1. The zero-order valence-electron chi connectivity index (χ0n) is 23.0. The second-order valence-electron chi connectivity index (χ2n) is 9.03. The molecule has 1 unspecified atom stereocenters. The molecule has 2 aromatic rings. The van der Waals surface area contributed by atoms with Crippen molar-refractivity contribution in [2.24, 2.45) is 0 Å². The van der Waals surface area contributed by atoms with E-state index in [9.17, 15) is 63.0 Å². The molecule has 0 aliphatic carbocycles. The van der Waals surface area contributed by atoms with Crippen LogP contribution < -0.4 is 10.1 Å². The Balaban J connectivity index is 2.13. The lowest BCUT2D eigenvalue weighted by Gasteiger charge is -2.33. The molecule has 0 saturated carbocycles. The number of halogens is 11. The molecule has 2 aromatic carbocycles. The van der Waals surface area contributed by atoms with Crippen LogP contribution in [-0.4, -0.2) is 85.2 Å². The van der Waals surface area contributed by atoms with Gasteiger partial charge in [0.05, 0.1) is 18.8 Å². The van der Waals surface area contributed by atoms with Crippen molar-refractivity contribution >= 4 is 17.7 Å². The molecule has 2 rings (SSSR count). The second-order valence-corrected chi connectivity index (χ2v) is 9.03. The summed E-state index contributed by atoms with van der Waals surface area (Å²) in [5.41, 5.74) is -0.103. The number of nitrogens with one attached hydrogen (secondary N) is 1. The van der Waals surface area contributed by atoms with Crippen LogP contribution in [0.1, 0.15) is 12.5 Å². The van der Waals surface area contributed by atoms with Crippen molar-refractivity contribution in [3.63, 3.8) is 0 Å². The van der Waals surface area contributed by atoms with E-state index in [1.165, 1.54) is 24.3 Å². The fraction of sp³-hybridized carbons (Fsp3) is 0.462. The van der Waals surface area contributed by atoms with Crippen molar-refractivity contribution in [1.29, 1.82) is 0 Å². The molecular formula is C26H25F11N2O6. The molecule has 0 spiro atoms. The van der Waals surface area contributed by atoms with Crippen molar-refractivity contribution < 1.29 is 77.2 Å². The van der Waals surface area contributed by atoms with Crippen molar-refractivity contribution in [2.75, 3.05) is 38.2 Å². The van der Waals surface area contributed by atoms with E-state index in [1.807, 2.05) is 5.32 Å². The Labute approximate surface area is 247 Å². The van der Waals surface area contributed by atoms with Crippen LogP contribution in [0.5, 0.6) is 5.75 Å². The molecule has 0 aromatic heterocycles. The molecule has 0 aliphatic heterocycles. The fourth-order valence-corrected chi connectivity index (χ4v) is 3.46. The van der Waals surface area contributed by atoms with Crippen LogP contribution >= 0.6 is 0 Å². The summed E-state index contributed by atoms with van der Waals surface area (Å²) in [5.74, 6) is -17.6. The van der Waals surface area contributed by atoms with Gasteiger partial charge in [0.1, 0.15) is 24.0 Å². The maximum absolute atomic E-state index is 14.0. The highest BCUT2D eigenvalue weighted by Crippen LogP contribution is 2.53. The molecule has 0 radical (unpaired) electrons. The van der Waals surface area contributed by atoms with Crippen molar-refractivity contribution in [2.45, 2.75) is 43.6 Å². The van der Waals surface area contributed by atoms with E-state index in [4.69, 9.17) is 9.47 Å². The number of amides is 2. The zero-order valence-corrected chi connectivity index (χ0v) is 23.0. The minimum absolute atomic E-state index is 0.00404. The van der Waals surface area contributed by atoms with Gasteiger partial charge in [-0.25, -0.2) is 18.4 Å². The number of rotatable bonds is 16. The van der Waals surface area contributed by atoms with Gasteiger partial charge in [-0.2, -0.15) is 39.5 Å².